The summed E-state index contributed by atoms with van der Waals surface area (Å²) >= 11 is 0. The van der Waals surface area contributed by atoms with Crippen molar-refractivity contribution < 1.29 is 8.83 Å². The minimum absolute atomic E-state index is 0.869. The van der Waals surface area contributed by atoms with E-state index in [1.807, 2.05) is 12.1 Å². The molecule has 9 aromatic carbocycles. The Balaban J connectivity index is 0.964. The molecule has 0 saturated heterocycles. The molecule has 0 aliphatic rings. The van der Waals surface area contributed by atoms with Crippen molar-refractivity contribution in [3.63, 3.8) is 0 Å². The van der Waals surface area contributed by atoms with Crippen LogP contribution in [0.2, 0.25) is 0 Å². The Morgan fingerprint density at radius 1 is 0.291 bits per heavy atom. The third kappa shape index (κ3) is 5.20. The fourth-order valence-corrected chi connectivity index (χ4v) is 8.30. The molecule has 11 aromatic rings. The molecule has 0 saturated carbocycles. The molecule has 2 aromatic heterocycles. The van der Waals surface area contributed by atoms with Crippen LogP contribution in [0.15, 0.2) is 209 Å². The van der Waals surface area contributed by atoms with E-state index in [2.05, 4.69) is 193 Å². The van der Waals surface area contributed by atoms with Gasteiger partial charge in [-0.3, -0.25) is 0 Å². The maximum atomic E-state index is 6.57. The monoisotopic (exact) mass is 703 g/mol. The van der Waals surface area contributed by atoms with Crippen molar-refractivity contribution in [2.24, 2.45) is 0 Å². The number of fused-ring (bicyclic) bond motifs is 9. The molecule has 258 valence electrons. The number of benzene rings is 9. The lowest BCUT2D eigenvalue weighted by Crippen LogP contribution is -2.09. The fraction of sp³-hybridized carbons (Fsp3) is 0. The molecule has 3 heteroatoms. The van der Waals surface area contributed by atoms with Crippen molar-refractivity contribution in [3.8, 4) is 33.4 Å². The van der Waals surface area contributed by atoms with Crippen LogP contribution in [0, 0.1) is 0 Å². The minimum atomic E-state index is 0.869. The van der Waals surface area contributed by atoms with Gasteiger partial charge in [-0.25, -0.2) is 0 Å². The van der Waals surface area contributed by atoms with Gasteiger partial charge in [-0.05, 0) is 105 Å². The SMILES string of the molecule is c1ccc(-c2ccccc2-c2ccc(N(c3ccccc3)c3ccc(-c4ccc5c(c4)oc4ccc6ccc7oc8ccccc8c7c6c45)cc3)cc2)cc1. The summed E-state index contributed by atoms with van der Waals surface area (Å²) in [6.45, 7) is 0. The van der Waals surface area contributed by atoms with Crippen LogP contribution in [-0.2, 0) is 0 Å². The Labute approximate surface area is 317 Å². The lowest BCUT2D eigenvalue weighted by molar-refractivity contribution is 0.669. The molecule has 0 spiro atoms. The predicted octanol–water partition coefficient (Wildman–Crippen LogP) is 15.1. The molecule has 0 bridgehead atoms. The van der Waals surface area contributed by atoms with E-state index in [4.69, 9.17) is 8.83 Å². The van der Waals surface area contributed by atoms with E-state index in [0.29, 0.717) is 0 Å². The van der Waals surface area contributed by atoms with E-state index in [1.54, 1.807) is 0 Å². The molecular weight excluding hydrogens is 671 g/mol. The summed E-state index contributed by atoms with van der Waals surface area (Å²) in [7, 11) is 0. The smallest absolute Gasteiger partial charge is 0.136 e. The maximum Gasteiger partial charge on any atom is 0.136 e. The van der Waals surface area contributed by atoms with Gasteiger partial charge in [-0.15, -0.1) is 0 Å². The topological polar surface area (TPSA) is 29.5 Å². The number of nitrogens with zero attached hydrogens (tertiary/aromatic N) is 1. The molecule has 0 amide bonds. The van der Waals surface area contributed by atoms with Gasteiger partial charge >= 0.3 is 0 Å². The van der Waals surface area contributed by atoms with Crippen LogP contribution in [-0.4, -0.2) is 0 Å². The second-order valence-electron chi connectivity index (χ2n) is 14.1. The standard InChI is InChI=1S/C52H33NO2/c1-3-11-35(12-4-1)42-15-7-8-16-43(42)36-21-28-41(29-22-36)53(39-13-5-2-6-14-39)40-26-19-34(20-27-40)38-23-30-45-49(33-38)55-48-32-25-37-24-31-47-51(50(37)52(45)48)44-17-9-10-18-46(44)54-47/h1-33H. The lowest BCUT2D eigenvalue weighted by atomic mass is 9.94. The van der Waals surface area contributed by atoms with Crippen LogP contribution in [0.25, 0.3) is 88.0 Å². The molecule has 2 heterocycles. The average Bonchev–Trinajstić information content (AvgIpc) is 3.83. The van der Waals surface area contributed by atoms with Crippen molar-refractivity contribution in [1.82, 2.24) is 0 Å². The fourth-order valence-electron chi connectivity index (χ4n) is 8.30. The summed E-state index contributed by atoms with van der Waals surface area (Å²) in [5.41, 5.74) is 13.9. The van der Waals surface area contributed by atoms with Gasteiger partial charge < -0.3 is 13.7 Å². The van der Waals surface area contributed by atoms with E-state index < -0.39 is 0 Å². The summed E-state index contributed by atoms with van der Waals surface area (Å²) in [4.78, 5) is 2.31. The molecule has 0 fully saturated rings. The van der Waals surface area contributed by atoms with Crippen LogP contribution in [0.3, 0.4) is 0 Å². The Hall–Kier alpha value is -7.36. The molecule has 0 unspecified atom stereocenters. The van der Waals surface area contributed by atoms with E-state index in [0.717, 1.165) is 72.1 Å². The zero-order valence-electron chi connectivity index (χ0n) is 29.8. The first-order valence-electron chi connectivity index (χ1n) is 18.7. The van der Waals surface area contributed by atoms with Crippen molar-refractivity contribution >= 4 is 71.7 Å². The van der Waals surface area contributed by atoms with Crippen molar-refractivity contribution in [3.05, 3.63) is 200 Å². The first-order chi connectivity index (χ1) is 27.3. The van der Waals surface area contributed by atoms with Gasteiger partial charge in [-0.1, -0.05) is 133 Å². The number of rotatable bonds is 6. The number of furan rings is 2. The quantitative estimate of drug-likeness (QED) is 0.173. The molecule has 0 radical (unpaired) electrons. The molecule has 11 rings (SSSR count). The number of hydrogen-bond acceptors (Lipinski definition) is 3. The summed E-state index contributed by atoms with van der Waals surface area (Å²) in [5, 5.41) is 6.82. The summed E-state index contributed by atoms with van der Waals surface area (Å²) in [6, 6.07) is 70.8. The predicted molar refractivity (Wildman–Crippen MR) is 229 cm³/mol. The van der Waals surface area contributed by atoms with Crippen LogP contribution in [0.1, 0.15) is 0 Å². The zero-order chi connectivity index (χ0) is 36.3. The van der Waals surface area contributed by atoms with E-state index >= 15 is 0 Å². The highest BCUT2D eigenvalue weighted by Crippen LogP contribution is 2.43. The normalized spacial score (nSPS) is 11.6. The van der Waals surface area contributed by atoms with Crippen molar-refractivity contribution in [2.45, 2.75) is 0 Å². The van der Waals surface area contributed by atoms with Crippen LogP contribution in [0.4, 0.5) is 17.1 Å². The number of hydrogen-bond donors (Lipinski definition) is 0. The van der Waals surface area contributed by atoms with Crippen LogP contribution >= 0.6 is 0 Å². The molecule has 55 heavy (non-hydrogen) atoms. The molecule has 0 N–H and O–H groups in total. The van der Waals surface area contributed by atoms with Gasteiger partial charge in [0.2, 0.25) is 0 Å². The van der Waals surface area contributed by atoms with Crippen LogP contribution < -0.4 is 4.90 Å². The van der Waals surface area contributed by atoms with Gasteiger partial charge in [-0.2, -0.15) is 0 Å². The highest BCUT2D eigenvalue weighted by atomic mass is 16.3. The zero-order valence-corrected chi connectivity index (χ0v) is 29.8. The van der Waals surface area contributed by atoms with Crippen molar-refractivity contribution in [1.29, 1.82) is 0 Å². The van der Waals surface area contributed by atoms with Crippen molar-refractivity contribution in [2.75, 3.05) is 4.90 Å². The van der Waals surface area contributed by atoms with Gasteiger partial charge in [0.25, 0.3) is 0 Å². The van der Waals surface area contributed by atoms with E-state index in [9.17, 15) is 0 Å². The average molecular weight is 704 g/mol. The first-order valence-corrected chi connectivity index (χ1v) is 18.7. The lowest BCUT2D eigenvalue weighted by Gasteiger charge is -2.26. The second kappa shape index (κ2) is 12.6. The van der Waals surface area contributed by atoms with Gasteiger partial charge in [0.15, 0.2) is 0 Å². The van der Waals surface area contributed by atoms with E-state index in [1.165, 1.54) is 33.0 Å². The Morgan fingerprint density at radius 3 is 1.45 bits per heavy atom. The number of para-hydroxylation sites is 2. The summed E-state index contributed by atoms with van der Waals surface area (Å²) in [6.07, 6.45) is 0. The third-order valence-electron chi connectivity index (χ3n) is 10.9. The molecular formula is C52H33NO2. The number of anilines is 3. The Morgan fingerprint density at radius 2 is 0.782 bits per heavy atom. The van der Waals surface area contributed by atoms with Gasteiger partial charge in [0.05, 0.1) is 0 Å². The van der Waals surface area contributed by atoms with Gasteiger partial charge in [0.1, 0.15) is 22.3 Å². The Kier molecular flexibility index (Phi) is 7.17. The van der Waals surface area contributed by atoms with Crippen LogP contribution in [0.5, 0.6) is 0 Å². The largest absolute Gasteiger partial charge is 0.456 e. The minimum Gasteiger partial charge on any atom is -0.456 e. The highest BCUT2D eigenvalue weighted by Gasteiger charge is 2.18. The van der Waals surface area contributed by atoms with Gasteiger partial charge in [0, 0.05) is 44.0 Å². The highest BCUT2D eigenvalue weighted by molar-refractivity contribution is 6.31. The third-order valence-corrected chi connectivity index (χ3v) is 10.9. The first kappa shape index (κ1) is 31.2. The second-order valence-corrected chi connectivity index (χ2v) is 14.1. The molecule has 3 nitrogen and oxygen atoms in total. The molecule has 0 aliphatic heterocycles. The molecule has 0 atom stereocenters. The molecule has 0 aliphatic carbocycles. The Bertz CT molecular complexity index is 3180. The summed E-state index contributed by atoms with van der Waals surface area (Å²) < 4.78 is 12.8. The maximum absolute atomic E-state index is 6.57. The summed E-state index contributed by atoms with van der Waals surface area (Å²) in [5.74, 6) is 0. The van der Waals surface area contributed by atoms with E-state index in [-0.39, 0.29) is 0 Å².